The Morgan fingerprint density at radius 3 is 2.85 bits per heavy atom. The molecule has 2 N–H and O–H groups in total. The lowest BCUT2D eigenvalue weighted by Crippen LogP contribution is -2.45. The molecule has 0 spiro atoms. The number of likely N-dealkylation sites (tertiary alicyclic amines) is 1. The van der Waals surface area contributed by atoms with Crippen molar-refractivity contribution in [2.24, 2.45) is 11.7 Å². The number of nitrogens with zero attached hydrogens (tertiary/aromatic N) is 1. The molecule has 0 aliphatic carbocycles. The molecule has 1 saturated heterocycles. The SMILES string of the molecule is CC(N)C1CCCN(C(=O)c2c(F)cccc2Br)C1.Cl. The van der Waals surface area contributed by atoms with Crippen molar-refractivity contribution in [2.45, 2.75) is 25.8 Å². The Balaban J connectivity index is 0.00000200. The van der Waals surface area contributed by atoms with Crippen LogP contribution in [0, 0.1) is 11.7 Å². The highest BCUT2D eigenvalue weighted by atomic mass is 79.9. The van der Waals surface area contributed by atoms with Crippen LogP contribution in [-0.2, 0) is 0 Å². The van der Waals surface area contributed by atoms with E-state index in [-0.39, 0.29) is 29.9 Å². The van der Waals surface area contributed by atoms with E-state index in [1.165, 1.54) is 6.07 Å². The number of rotatable bonds is 2. The molecule has 1 aliphatic rings. The van der Waals surface area contributed by atoms with Crippen LogP contribution < -0.4 is 5.73 Å². The summed E-state index contributed by atoms with van der Waals surface area (Å²) >= 11 is 3.25. The number of carbonyl (C=O) groups is 1. The summed E-state index contributed by atoms with van der Waals surface area (Å²) in [6.45, 7) is 3.23. The van der Waals surface area contributed by atoms with Crippen LogP contribution in [0.2, 0.25) is 0 Å². The first-order chi connectivity index (χ1) is 9.00. The van der Waals surface area contributed by atoms with Gasteiger partial charge in [-0.2, -0.15) is 0 Å². The van der Waals surface area contributed by atoms with Crippen LogP contribution in [0.1, 0.15) is 30.1 Å². The normalized spacial score (nSPS) is 20.2. The van der Waals surface area contributed by atoms with E-state index in [0.717, 1.165) is 12.8 Å². The van der Waals surface area contributed by atoms with Gasteiger partial charge in [-0.15, -0.1) is 12.4 Å². The number of carbonyl (C=O) groups excluding carboxylic acids is 1. The van der Waals surface area contributed by atoms with E-state index in [4.69, 9.17) is 5.73 Å². The minimum absolute atomic E-state index is 0. The fourth-order valence-corrected chi connectivity index (χ4v) is 3.00. The Morgan fingerprint density at radius 2 is 2.25 bits per heavy atom. The molecule has 3 nitrogen and oxygen atoms in total. The summed E-state index contributed by atoms with van der Waals surface area (Å²) in [7, 11) is 0. The molecule has 6 heteroatoms. The Kier molecular flexibility index (Phi) is 6.43. The van der Waals surface area contributed by atoms with Gasteiger partial charge >= 0.3 is 0 Å². The molecule has 1 aliphatic heterocycles. The third-order valence-corrected chi connectivity index (χ3v) is 4.33. The van der Waals surface area contributed by atoms with Gasteiger partial charge in [0.05, 0.1) is 5.56 Å². The summed E-state index contributed by atoms with van der Waals surface area (Å²) in [4.78, 5) is 14.1. The lowest BCUT2D eigenvalue weighted by molar-refractivity contribution is 0.0655. The topological polar surface area (TPSA) is 46.3 Å². The number of nitrogens with two attached hydrogens (primary N) is 1. The molecule has 0 radical (unpaired) electrons. The predicted octanol–water partition coefficient (Wildman–Crippen LogP) is 3.21. The van der Waals surface area contributed by atoms with Crippen molar-refractivity contribution in [2.75, 3.05) is 13.1 Å². The Hall–Kier alpha value is -0.650. The van der Waals surface area contributed by atoms with Gasteiger partial charge in [0, 0.05) is 23.6 Å². The predicted molar refractivity (Wildman–Crippen MR) is 83.6 cm³/mol. The Labute approximate surface area is 133 Å². The summed E-state index contributed by atoms with van der Waals surface area (Å²) in [5.41, 5.74) is 6.03. The van der Waals surface area contributed by atoms with Gasteiger partial charge in [-0.25, -0.2) is 4.39 Å². The smallest absolute Gasteiger partial charge is 0.257 e. The minimum Gasteiger partial charge on any atom is -0.338 e. The zero-order valence-corrected chi connectivity index (χ0v) is 13.7. The summed E-state index contributed by atoms with van der Waals surface area (Å²) in [6.07, 6.45) is 1.95. The summed E-state index contributed by atoms with van der Waals surface area (Å²) in [6, 6.07) is 4.63. The van der Waals surface area contributed by atoms with Crippen LogP contribution in [0.3, 0.4) is 0 Å². The third kappa shape index (κ3) is 3.71. The number of hydrogen-bond donors (Lipinski definition) is 1. The van der Waals surface area contributed by atoms with E-state index in [0.29, 0.717) is 23.5 Å². The van der Waals surface area contributed by atoms with E-state index in [1.54, 1.807) is 17.0 Å². The first-order valence-corrected chi connectivity index (χ1v) is 7.29. The summed E-state index contributed by atoms with van der Waals surface area (Å²) < 4.78 is 14.3. The second-order valence-corrected chi connectivity index (χ2v) is 5.96. The average molecular weight is 366 g/mol. The maximum Gasteiger partial charge on any atom is 0.257 e. The van der Waals surface area contributed by atoms with Crippen LogP contribution in [0.25, 0.3) is 0 Å². The van der Waals surface area contributed by atoms with E-state index < -0.39 is 5.82 Å². The second-order valence-electron chi connectivity index (χ2n) is 5.11. The van der Waals surface area contributed by atoms with Crippen LogP contribution in [0.5, 0.6) is 0 Å². The quantitative estimate of drug-likeness (QED) is 0.875. The standard InChI is InChI=1S/C14H18BrFN2O.ClH/c1-9(17)10-4-3-7-18(8-10)14(19)13-11(15)5-2-6-12(13)16;/h2,5-6,9-10H,3-4,7-8,17H2,1H3;1H. The number of amides is 1. The molecule has 20 heavy (non-hydrogen) atoms. The van der Waals surface area contributed by atoms with Crippen LogP contribution in [0.15, 0.2) is 22.7 Å². The van der Waals surface area contributed by atoms with Crippen molar-refractivity contribution in [3.05, 3.63) is 34.1 Å². The van der Waals surface area contributed by atoms with Gasteiger partial charge in [-0.3, -0.25) is 4.79 Å². The number of hydrogen-bond acceptors (Lipinski definition) is 2. The molecular formula is C14H19BrClFN2O. The molecular weight excluding hydrogens is 347 g/mol. The van der Waals surface area contributed by atoms with Gasteiger partial charge in [-0.05, 0) is 53.7 Å². The maximum atomic E-state index is 13.8. The van der Waals surface area contributed by atoms with Crippen LogP contribution in [-0.4, -0.2) is 29.9 Å². The molecule has 1 amide bonds. The molecule has 2 rings (SSSR count). The first kappa shape index (κ1) is 17.4. The van der Waals surface area contributed by atoms with Crippen molar-refractivity contribution in [3.8, 4) is 0 Å². The largest absolute Gasteiger partial charge is 0.338 e. The third-order valence-electron chi connectivity index (χ3n) is 3.67. The fraction of sp³-hybridized carbons (Fsp3) is 0.500. The van der Waals surface area contributed by atoms with Gasteiger partial charge in [0.15, 0.2) is 0 Å². The zero-order valence-electron chi connectivity index (χ0n) is 11.3. The fourth-order valence-electron chi connectivity index (χ4n) is 2.48. The first-order valence-electron chi connectivity index (χ1n) is 6.49. The molecule has 0 bridgehead atoms. The number of piperidine rings is 1. The van der Waals surface area contributed by atoms with Gasteiger partial charge < -0.3 is 10.6 Å². The molecule has 0 saturated carbocycles. The molecule has 112 valence electrons. The van der Waals surface area contributed by atoms with Gasteiger partial charge in [-0.1, -0.05) is 6.07 Å². The van der Waals surface area contributed by atoms with Crippen LogP contribution >= 0.6 is 28.3 Å². The second kappa shape index (κ2) is 7.38. The van der Waals surface area contributed by atoms with Gasteiger partial charge in [0.25, 0.3) is 5.91 Å². The monoisotopic (exact) mass is 364 g/mol. The highest BCUT2D eigenvalue weighted by Gasteiger charge is 2.28. The molecule has 1 aromatic rings. The van der Waals surface area contributed by atoms with Crippen LogP contribution in [0.4, 0.5) is 4.39 Å². The summed E-state index contributed by atoms with van der Waals surface area (Å²) in [5, 5.41) is 0. The van der Waals surface area contributed by atoms with E-state index in [2.05, 4.69) is 15.9 Å². The average Bonchev–Trinajstić information content (AvgIpc) is 2.38. The Morgan fingerprint density at radius 1 is 1.55 bits per heavy atom. The number of benzene rings is 1. The highest BCUT2D eigenvalue weighted by Crippen LogP contribution is 2.25. The van der Waals surface area contributed by atoms with E-state index >= 15 is 0 Å². The van der Waals surface area contributed by atoms with Gasteiger partial charge in [0.2, 0.25) is 0 Å². The summed E-state index contributed by atoms with van der Waals surface area (Å²) in [5.74, 6) is -0.444. The highest BCUT2D eigenvalue weighted by molar-refractivity contribution is 9.10. The van der Waals surface area contributed by atoms with Gasteiger partial charge in [0.1, 0.15) is 5.82 Å². The molecule has 2 unspecified atom stereocenters. The molecule has 0 aromatic heterocycles. The molecule has 2 atom stereocenters. The molecule has 1 heterocycles. The van der Waals surface area contributed by atoms with Crippen molar-refractivity contribution >= 4 is 34.2 Å². The molecule has 1 aromatic carbocycles. The van der Waals surface area contributed by atoms with Crippen molar-refractivity contribution in [3.63, 3.8) is 0 Å². The van der Waals surface area contributed by atoms with E-state index in [1.807, 2.05) is 6.92 Å². The van der Waals surface area contributed by atoms with Crippen molar-refractivity contribution in [1.29, 1.82) is 0 Å². The maximum absolute atomic E-state index is 13.8. The Bertz CT molecular complexity index is 464. The number of halogens is 3. The van der Waals surface area contributed by atoms with E-state index in [9.17, 15) is 9.18 Å². The lowest BCUT2D eigenvalue weighted by Gasteiger charge is -2.34. The lowest BCUT2D eigenvalue weighted by atomic mass is 9.92. The zero-order chi connectivity index (χ0) is 14.0. The molecule has 1 fully saturated rings. The minimum atomic E-state index is -0.484. The van der Waals surface area contributed by atoms with Crippen molar-refractivity contribution in [1.82, 2.24) is 4.90 Å². The van der Waals surface area contributed by atoms with Crippen molar-refractivity contribution < 1.29 is 9.18 Å².